The zero-order valence-electron chi connectivity index (χ0n) is 16.6. The van der Waals surface area contributed by atoms with Gasteiger partial charge in [0.15, 0.2) is 5.25 Å². The van der Waals surface area contributed by atoms with Crippen LogP contribution < -0.4 is 39.8 Å². The van der Waals surface area contributed by atoms with Gasteiger partial charge in [0.2, 0.25) is 0 Å². The molecule has 154 valence electrons. The Labute approximate surface area is 217 Å². The van der Waals surface area contributed by atoms with Crippen molar-refractivity contribution in [2.75, 3.05) is 13.2 Å². The molecule has 28 heavy (non-hydrogen) atoms. The third kappa shape index (κ3) is 24.4. The van der Waals surface area contributed by atoms with Gasteiger partial charge in [-0.2, -0.15) is 0 Å². The zero-order valence-corrected chi connectivity index (χ0v) is 21.7. The summed E-state index contributed by atoms with van der Waals surface area (Å²) in [7, 11) is -4.96. The molecule has 0 aliphatic heterocycles. The summed E-state index contributed by atoms with van der Waals surface area (Å²) in [6.45, 7) is 4.12. The van der Waals surface area contributed by atoms with Gasteiger partial charge in [0.1, 0.15) is 10.1 Å². The first-order valence-corrected chi connectivity index (χ1v) is 9.68. The van der Waals surface area contributed by atoms with Crippen LogP contribution in [0.5, 0.6) is 0 Å². The summed E-state index contributed by atoms with van der Waals surface area (Å²) in [6, 6.07) is 0. The Balaban J connectivity index is -0.000000435. The van der Waals surface area contributed by atoms with Crippen molar-refractivity contribution in [3.8, 4) is 0 Å². The van der Waals surface area contributed by atoms with Crippen LogP contribution in [0.3, 0.4) is 0 Å². The van der Waals surface area contributed by atoms with Gasteiger partial charge in [0.05, 0.1) is 19.6 Å². The molecule has 0 aromatic carbocycles. The van der Waals surface area contributed by atoms with Crippen molar-refractivity contribution >= 4 is 66.0 Å². The second kappa shape index (κ2) is 22.1. The minimum absolute atomic E-state index is 0. The third-order valence-electron chi connectivity index (χ3n) is 2.97. The van der Waals surface area contributed by atoms with E-state index >= 15 is 0 Å². The molecule has 0 radical (unpaired) electrons. The number of ether oxygens (including phenoxy) is 2. The topological polar surface area (TPSA) is 173 Å². The van der Waals surface area contributed by atoms with Crippen LogP contribution in [0.25, 0.3) is 0 Å². The summed E-state index contributed by atoms with van der Waals surface area (Å²) in [5.41, 5.74) is 0. The minimum atomic E-state index is -4.96. The summed E-state index contributed by atoms with van der Waals surface area (Å²) < 4.78 is 42.9. The quantitative estimate of drug-likeness (QED) is 0.121. The van der Waals surface area contributed by atoms with Gasteiger partial charge < -0.3 is 29.0 Å². The molecule has 13 heteroatoms. The SMILES string of the molecule is CCCCCOC(=O)CC(C(=O)OCCCCC)S(=O)(=O)[O-].O=C([O-])[O-].[Ca+2].[Na+]. The van der Waals surface area contributed by atoms with Crippen LogP contribution in [0.4, 0.5) is 4.79 Å². The molecule has 1 unspecified atom stereocenters. The Morgan fingerprint density at radius 1 is 0.893 bits per heavy atom. The van der Waals surface area contributed by atoms with E-state index in [1.54, 1.807) is 0 Å². The number of hydrogen-bond acceptors (Lipinski definition) is 10. The van der Waals surface area contributed by atoms with Gasteiger partial charge in [-0.25, -0.2) is 8.42 Å². The molecule has 0 spiro atoms. The van der Waals surface area contributed by atoms with E-state index < -0.39 is 39.9 Å². The van der Waals surface area contributed by atoms with E-state index in [1.165, 1.54) is 0 Å². The number of hydrogen-bond donors (Lipinski definition) is 0. The van der Waals surface area contributed by atoms with Gasteiger partial charge in [-0.15, -0.1) is 0 Å². The standard InChI is InChI=1S/C14H26O7S.CH2O3.Ca.Na/c1-3-5-7-9-20-13(15)11-12(22(17,18)19)14(16)21-10-8-6-4-2;2-1(3)4;;/h12H,3-11H2,1-2H3,(H,17,18,19);(H2,2,3,4);;/q;;+2;+1/p-3. The molecule has 0 aromatic heterocycles. The third-order valence-corrected chi connectivity index (χ3v) is 4.02. The summed E-state index contributed by atoms with van der Waals surface area (Å²) >= 11 is 0. The first-order chi connectivity index (χ1) is 12.1. The van der Waals surface area contributed by atoms with Gasteiger partial charge in [-0.1, -0.05) is 39.5 Å². The number of rotatable bonds is 12. The largest absolute Gasteiger partial charge is 2.00 e. The van der Waals surface area contributed by atoms with Crippen molar-refractivity contribution in [2.45, 2.75) is 64.0 Å². The molecule has 0 saturated heterocycles. The second-order valence-electron chi connectivity index (χ2n) is 5.24. The average molecular weight is 460 g/mol. The molecule has 0 rings (SSSR count). The predicted molar refractivity (Wildman–Crippen MR) is 90.2 cm³/mol. The molecule has 0 heterocycles. The summed E-state index contributed by atoms with van der Waals surface area (Å²) in [6.07, 6.45) is 1.64. The molecule has 0 saturated carbocycles. The first kappa shape index (κ1) is 35.8. The van der Waals surface area contributed by atoms with Crippen molar-refractivity contribution in [3.63, 3.8) is 0 Å². The fraction of sp³-hybridized carbons (Fsp3) is 0.800. The van der Waals surface area contributed by atoms with Gasteiger partial charge in [-0.3, -0.25) is 9.59 Å². The molecule has 0 N–H and O–H groups in total. The first-order valence-electron chi connectivity index (χ1n) is 8.21. The van der Waals surface area contributed by atoms with Crippen molar-refractivity contribution in [1.82, 2.24) is 0 Å². The Kier molecular flexibility index (Phi) is 28.2. The molecule has 0 fully saturated rings. The Morgan fingerprint density at radius 3 is 1.64 bits per heavy atom. The van der Waals surface area contributed by atoms with E-state index in [-0.39, 0.29) is 80.5 Å². The van der Waals surface area contributed by atoms with Crippen LogP contribution in [-0.4, -0.2) is 87.3 Å². The summed E-state index contributed by atoms with van der Waals surface area (Å²) in [4.78, 5) is 31.5. The second-order valence-corrected chi connectivity index (χ2v) is 6.79. The monoisotopic (exact) mass is 460 g/mol. The van der Waals surface area contributed by atoms with E-state index in [9.17, 15) is 22.6 Å². The van der Waals surface area contributed by atoms with Crippen LogP contribution >= 0.6 is 0 Å². The molecule has 0 aromatic rings. The summed E-state index contributed by atoms with van der Waals surface area (Å²) in [5.74, 6) is -2.07. The maximum absolute atomic E-state index is 11.7. The maximum Gasteiger partial charge on any atom is 2.00 e. The van der Waals surface area contributed by atoms with Crippen molar-refractivity contribution in [2.24, 2.45) is 0 Å². The molecular formula is C15H25CaNaO10S. The fourth-order valence-corrected chi connectivity index (χ4v) is 2.31. The Morgan fingerprint density at radius 2 is 1.29 bits per heavy atom. The van der Waals surface area contributed by atoms with Gasteiger partial charge in [-0.05, 0) is 19.0 Å². The number of esters is 2. The molecule has 10 nitrogen and oxygen atoms in total. The molecule has 0 bridgehead atoms. The van der Waals surface area contributed by atoms with Crippen molar-refractivity contribution in [1.29, 1.82) is 0 Å². The van der Waals surface area contributed by atoms with E-state index in [4.69, 9.17) is 24.5 Å². The van der Waals surface area contributed by atoms with E-state index in [2.05, 4.69) is 0 Å². The van der Waals surface area contributed by atoms with E-state index in [0.717, 1.165) is 25.7 Å². The smallest absolute Gasteiger partial charge is 0.747 e. The Bertz CT molecular complexity index is 523. The van der Waals surface area contributed by atoms with Crippen LogP contribution in [0, 0.1) is 0 Å². The van der Waals surface area contributed by atoms with Crippen molar-refractivity contribution in [3.05, 3.63) is 0 Å². The number of carbonyl (C=O) groups excluding carboxylic acids is 3. The zero-order chi connectivity index (χ0) is 20.6. The minimum Gasteiger partial charge on any atom is -0.747 e. The average Bonchev–Trinajstić information content (AvgIpc) is 2.51. The number of carbonyl (C=O) groups is 3. The molecule has 0 aliphatic rings. The van der Waals surface area contributed by atoms with Gasteiger partial charge >= 0.3 is 79.2 Å². The normalized spacial score (nSPS) is 10.8. The predicted octanol–water partition coefficient (Wildman–Crippen LogP) is -4.07. The number of unbranched alkanes of at least 4 members (excludes halogenated alkanes) is 4. The molecular weight excluding hydrogens is 435 g/mol. The van der Waals surface area contributed by atoms with Crippen molar-refractivity contribution < 1.29 is 76.6 Å². The molecule has 0 aliphatic carbocycles. The molecule has 1 atom stereocenters. The van der Waals surface area contributed by atoms with Gasteiger partial charge in [0, 0.05) is 0 Å². The Hall–Kier alpha value is 0.380. The van der Waals surface area contributed by atoms with E-state index in [1.807, 2.05) is 13.8 Å². The van der Waals surface area contributed by atoms with Crippen LogP contribution in [0.15, 0.2) is 0 Å². The maximum atomic E-state index is 11.7. The van der Waals surface area contributed by atoms with E-state index in [0.29, 0.717) is 12.8 Å². The van der Waals surface area contributed by atoms with Crippen LogP contribution in [0.1, 0.15) is 58.8 Å². The summed E-state index contributed by atoms with van der Waals surface area (Å²) in [5, 5.41) is 14.6. The number of carboxylic acid groups (broad SMARTS) is 2. The van der Waals surface area contributed by atoms with Gasteiger partial charge in [0.25, 0.3) is 0 Å². The fourth-order valence-electron chi connectivity index (χ4n) is 1.67. The van der Waals surface area contributed by atoms with Crippen LogP contribution in [-0.2, 0) is 29.2 Å². The molecule has 0 amide bonds. The van der Waals surface area contributed by atoms with Crippen LogP contribution in [0.2, 0.25) is 0 Å².